The van der Waals surface area contributed by atoms with E-state index in [1.54, 1.807) is 6.26 Å². The molecule has 2 rings (SSSR count). The number of rotatable bonds is 3. The van der Waals surface area contributed by atoms with Crippen LogP contribution in [0.1, 0.15) is 28.0 Å². The third-order valence-corrected chi connectivity index (χ3v) is 2.99. The van der Waals surface area contributed by atoms with Crippen molar-refractivity contribution < 1.29 is 4.42 Å². The van der Waals surface area contributed by atoms with E-state index in [9.17, 15) is 0 Å². The van der Waals surface area contributed by atoms with Gasteiger partial charge in [0, 0.05) is 23.9 Å². The normalized spacial score (nSPS) is 12.7. The van der Waals surface area contributed by atoms with E-state index >= 15 is 0 Å². The molecule has 0 aliphatic rings. The number of hydrogen-bond acceptors (Lipinski definition) is 2. The second-order valence-electron chi connectivity index (χ2n) is 3.93. The summed E-state index contributed by atoms with van der Waals surface area (Å²) < 4.78 is 5.24. The highest BCUT2D eigenvalue weighted by Crippen LogP contribution is 2.27. The zero-order valence-corrected chi connectivity index (χ0v) is 10.2. The molecule has 0 aliphatic heterocycles. The number of aryl methyl sites for hydroxylation is 2. The van der Waals surface area contributed by atoms with Gasteiger partial charge < -0.3 is 4.42 Å². The second kappa shape index (κ2) is 4.71. The number of alkyl halides is 1. The van der Waals surface area contributed by atoms with Gasteiger partial charge in [-0.15, -0.1) is 11.6 Å². The van der Waals surface area contributed by atoms with Crippen LogP contribution in [0.2, 0.25) is 0 Å². The molecule has 0 N–H and O–H groups in total. The van der Waals surface area contributed by atoms with Gasteiger partial charge in [-0.2, -0.15) is 0 Å². The van der Waals surface area contributed by atoms with Gasteiger partial charge in [-0.3, -0.25) is 4.98 Å². The minimum absolute atomic E-state index is 0.0750. The molecule has 0 amide bonds. The van der Waals surface area contributed by atoms with Gasteiger partial charge in [0.1, 0.15) is 5.76 Å². The van der Waals surface area contributed by atoms with E-state index < -0.39 is 0 Å². The average Bonchev–Trinajstić information content (AvgIpc) is 2.68. The predicted octanol–water partition coefficient (Wildman–Crippen LogP) is 3.81. The van der Waals surface area contributed by atoms with E-state index in [0.29, 0.717) is 0 Å². The summed E-state index contributed by atoms with van der Waals surface area (Å²) in [5.41, 5.74) is 3.21. The maximum atomic E-state index is 6.33. The van der Waals surface area contributed by atoms with Gasteiger partial charge >= 0.3 is 0 Å². The summed E-state index contributed by atoms with van der Waals surface area (Å²) >= 11 is 6.33. The number of halogens is 1. The molecule has 84 valence electrons. The molecule has 1 atom stereocenters. The van der Waals surface area contributed by atoms with Gasteiger partial charge in [-0.25, -0.2) is 0 Å². The highest BCUT2D eigenvalue weighted by Gasteiger charge is 2.13. The highest BCUT2D eigenvalue weighted by molar-refractivity contribution is 6.21. The third kappa shape index (κ3) is 2.45. The fourth-order valence-corrected chi connectivity index (χ4v) is 2.02. The van der Waals surface area contributed by atoms with E-state index in [-0.39, 0.29) is 5.38 Å². The van der Waals surface area contributed by atoms with Crippen molar-refractivity contribution in [2.45, 2.75) is 25.6 Å². The van der Waals surface area contributed by atoms with Crippen LogP contribution in [-0.4, -0.2) is 4.98 Å². The molecule has 2 heterocycles. The average molecular weight is 236 g/mol. The molecule has 0 bridgehead atoms. The molecule has 16 heavy (non-hydrogen) atoms. The van der Waals surface area contributed by atoms with Crippen molar-refractivity contribution in [2.75, 3.05) is 0 Å². The van der Waals surface area contributed by atoms with Crippen LogP contribution < -0.4 is 0 Å². The molecule has 1 unspecified atom stereocenters. The Morgan fingerprint density at radius 3 is 2.69 bits per heavy atom. The van der Waals surface area contributed by atoms with Gasteiger partial charge in [0.15, 0.2) is 0 Å². The zero-order valence-electron chi connectivity index (χ0n) is 9.40. The predicted molar refractivity (Wildman–Crippen MR) is 64.7 cm³/mol. The van der Waals surface area contributed by atoms with E-state index in [0.717, 1.165) is 29.0 Å². The molecule has 0 spiro atoms. The number of hydrogen-bond donors (Lipinski definition) is 0. The smallest absolute Gasteiger partial charge is 0.105 e. The largest absolute Gasteiger partial charge is 0.469 e. The highest BCUT2D eigenvalue weighted by atomic mass is 35.5. The van der Waals surface area contributed by atoms with Crippen molar-refractivity contribution in [3.05, 3.63) is 53.2 Å². The third-order valence-electron chi connectivity index (χ3n) is 2.60. The van der Waals surface area contributed by atoms with E-state index in [1.165, 1.54) is 0 Å². The molecular formula is C13H14ClNO. The minimum Gasteiger partial charge on any atom is -0.469 e. The molecule has 0 saturated heterocycles. The fourth-order valence-electron chi connectivity index (χ4n) is 1.63. The van der Waals surface area contributed by atoms with Gasteiger partial charge in [0.05, 0.1) is 11.6 Å². The lowest BCUT2D eigenvalue weighted by atomic mass is 10.1. The first-order valence-corrected chi connectivity index (χ1v) is 5.70. The van der Waals surface area contributed by atoms with E-state index in [4.69, 9.17) is 16.0 Å². The Labute approximate surface area is 100 Å². The number of furan rings is 1. The summed E-state index contributed by atoms with van der Waals surface area (Å²) in [6, 6.07) is 5.98. The first-order valence-electron chi connectivity index (χ1n) is 5.26. The summed E-state index contributed by atoms with van der Waals surface area (Å²) in [6.45, 7) is 3.95. The molecule has 0 radical (unpaired) electrons. The Bertz CT molecular complexity index is 461. The SMILES string of the molecule is Cc1ccc(CC(Cl)c2ccoc2C)nc1. The summed E-state index contributed by atoms with van der Waals surface area (Å²) in [5, 5.41) is -0.0750. The van der Waals surface area contributed by atoms with Gasteiger partial charge in [0.2, 0.25) is 0 Å². The Morgan fingerprint density at radius 2 is 2.12 bits per heavy atom. The minimum atomic E-state index is -0.0750. The Hall–Kier alpha value is -1.28. The molecule has 3 heteroatoms. The van der Waals surface area contributed by atoms with Crippen molar-refractivity contribution in [2.24, 2.45) is 0 Å². The molecule has 0 aliphatic carbocycles. The number of pyridine rings is 1. The lowest BCUT2D eigenvalue weighted by molar-refractivity contribution is 0.529. The number of nitrogens with zero attached hydrogens (tertiary/aromatic N) is 1. The Balaban J connectivity index is 2.10. The quantitative estimate of drug-likeness (QED) is 0.756. The molecule has 2 aromatic rings. The fraction of sp³-hybridized carbons (Fsp3) is 0.308. The first kappa shape index (κ1) is 11.2. The maximum absolute atomic E-state index is 6.33. The topological polar surface area (TPSA) is 26.0 Å². The van der Waals surface area contributed by atoms with Crippen LogP contribution in [0.3, 0.4) is 0 Å². The lowest BCUT2D eigenvalue weighted by Gasteiger charge is -2.07. The lowest BCUT2D eigenvalue weighted by Crippen LogP contribution is -1.98. The molecule has 2 nitrogen and oxygen atoms in total. The molecular weight excluding hydrogens is 222 g/mol. The van der Waals surface area contributed by atoms with Crippen LogP contribution in [0.15, 0.2) is 35.1 Å². The van der Waals surface area contributed by atoms with Crippen LogP contribution in [0.4, 0.5) is 0 Å². The van der Waals surface area contributed by atoms with Crippen LogP contribution in [0.5, 0.6) is 0 Å². The van der Waals surface area contributed by atoms with Crippen molar-refractivity contribution in [1.29, 1.82) is 0 Å². The van der Waals surface area contributed by atoms with E-state index in [1.807, 2.05) is 38.2 Å². The van der Waals surface area contributed by atoms with Crippen LogP contribution in [0.25, 0.3) is 0 Å². The van der Waals surface area contributed by atoms with Crippen LogP contribution in [-0.2, 0) is 6.42 Å². The monoisotopic (exact) mass is 235 g/mol. The van der Waals surface area contributed by atoms with Crippen molar-refractivity contribution in [1.82, 2.24) is 4.98 Å². The summed E-state index contributed by atoms with van der Waals surface area (Å²) in [6.07, 6.45) is 4.26. The van der Waals surface area contributed by atoms with Crippen molar-refractivity contribution in [3.63, 3.8) is 0 Å². The summed E-state index contributed by atoms with van der Waals surface area (Å²) in [5.74, 6) is 0.882. The van der Waals surface area contributed by atoms with Gasteiger partial charge in [-0.05, 0) is 31.5 Å². The molecule has 0 aromatic carbocycles. The number of aromatic nitrogens is 1. The molecule has 2 aromatic heterocycles. The maximum Gasteiger partial charge on any atom is 0.105 e. The van der Waals surface area contributed by atoms with Crippen molar-refractivity contribution in [3.8, 4) is 0 Å². The Morgan fingerprint density at radius 1 is 1.31 bits per heavy atom. The van der Waals surface area contributed by atoms with E-state index in [2.05, 4.69) is 4.98 Å². The first-order chi connectivity index (χ1) is 7.66. The van der Waals surface area contributed by atoms with Gasteiger partial charge in [0.25, 0.3) is 0 Å². The van der Waals surface area contributed by atoms with Gasteiger partial charge in [-0.1, -0.05) is 6.07 Å². The van der Waals surface area contributed by atoms with Crippen LogP contribution in [0, 0.1) is 13.8 Å². The summed E-state index contributed by atoms with van der Waals surface area (Å²) in [4.78, 5) is 4.34. The molecule has 0 saturated carbocycles. The van der Waals surface area contributed by atoms with Crippen molar-refractivity contribution >= 4 is 11.6 Å². The summed E-state index contributed by atoms with van der Waals surface area (Å²) in [7, 11) is 0. The zero-order chi connectivity index (χ0) is 11.5. The van der Waals surface area contributed by atoms with Crippen LogP contribution >= 0.6 is 11.6 Å². The standard InChI is InChI=1S/C13H14ClNO/c1-9-3-4-11(15-8-9)7-13(14)12-5-6-16-10(12)2/h3-6,8,13H,7H2,1-2H3. The second-order valence-corrected chi connectivity index (χ2v) is 4.46. The Kier molecular flexibility index (Phi) is 3.30. The molecule has 0 fully saturated rings.